The van der Waals surface area contributed by atoms with Crippen molar-refractivity contribution in [3.05, 3.63) is 0 Å². The number of unbranched alkanes of at least 4 members (excludes halogenated alkanes) is 13. The Labute approximate surface area is 230 Å². The maximum Gasteiger partial charge on any atom is 0.325 e. The Morgan fingerprint density at radius 2 is 1.11 bits per heavy atom. The normalized spacial score (nSPS) is 13.4. The molecule has 0 spiro atoms. The Balaban J connectivity index is 4.31. The van der Waals surface area contributed by atoms with E-state index in [-0.39, 0.29) is 12.5 Å². The lowest BCUT2D eigenvalue weighted by Crippen LogP contribution is -2.55. The minimum absolute atomic E-state index is 0.00997. The highest BCUT2D eigenvalue weighted by Gasteiger charge is 2.26. The summed E-state index contributed by atoms with van der Waals surface area (Å²) in [6.07, 6.45) is 18.1. The van der Waals surface area contributed by atoms with Gasteiger partial charge in [-0.25, -0.2) is 0 Å². The van der Waals surface area contributed by atoms with Crippen LogP contribution in [-0.2, 0) is 23.9 Å². The van der Waals surface area contributed by atoms with E-state index in [0.717, 1.165) is 32.1 Å². The molecule has 0 saturated heterocycles. The van der Waals surface area contributed by atoms with Crippen LogP contribution in [-0.4, -0.2) is 60.1 Å². The van der Waals surface area contributed by atoms with E-state index in [9.17, 15) is 19.2 Å². The molecular weight excluding hydrogens is 486 g/mol. The van der Waals surface area contributed by atoms with Crippen molar-refractivity contribution in [2.45, 2.75) is 149 Å². The van der Waals surface area contributed by atoms with E-state index >= 15 is 0 Å². The van der Waals surface area contributed by atoms with Gasteiger partial charge in [-0.2, -0.15) is 0 Å². The second kappa shape index (κ2) is 23.9. The Morgan fingerprint density at radius 1 is 0.632 bits per heavy atom. The summed E-state index contributed by atoms with van der Waals surface area (Å²) in [5.41, 5.74) is 0. The number of ether oxygens (including phenoxy) is 1. The minimum Gasteiger partial charge on any atom is -0.480 e. The van der Waals surface area contributed by atoms with E-state index in [2.05, 4.69) is 22.9 Å². The molecule has 0 saturated carbocycles. The van der Waals surface area contributed by atoms with E-state index in [0.29, 0.717) is 13.0 Å². The summed E-state index contributed by atoms with van der Waals surface area (Å²) in [4.78, 5) is 48.4. The number of hydrogen-bond donors (Lipinski definition) is 4. The van der Waals surface area contributed by atoms with Gasteiger partial charge in [0.15, 0.2) is 0 Å². The summed E-state index contributed by atoms with van der Waals surface area (Å²) in [6, 6.07) is -2.95. The van der Waals surface area contributed by atoms with Gasteiger partial charge in [0.05, 0.1) is 6.61 Å². The van der Waals surface area contributed by atoms with Crippen molar-refractivity contribution >= 4 is 23.7 Å². The summed E-state index contributed by atoms with van der Waals surface area (Å²) in [5.74, 6) is -2.54. The van der Waals surface area contributed by atoms with Crippen LogP contribution in [0, 0.1) is 0 Å². The molecule has 38 heavy (non-hydrogen) atoms. The van der Waals surface area contributed by atoms with Gasteiger partial charge in [0.25, 0.3) is 0 Å². The van der Waals surface area contributed by atoms with Crippen molar-refractivity contribution in [1.82, 2.24) is 16.0 Å². The van der Waals surface area contributed by atoms with Crippen molar-refractivity contribution in [3.63, 3.8) is 0 Å². The van der Waals surface area contributed by atoms with Crippen LogP contribution in [0.2, 0.25) is 0 Å². The zero-order chi connectivity index (χ0) is 28.6. The van der Waals surface area contributed by atoms with Crippen LogP contribution in [0.1, 0.15) is 130 Å². The first kappa shape index (κ1) is 35.8. The number of amides is 3. The fourth-order valence-corrected chi connectivity index (χ4v) is 3.98. The highest BCUT2D eigenvalue weighted by molar-refractivity contribution is 5.93. The highest BCUT2D eigenvalue weighted by Crippen LogP contribution is 2.13. The van der Waals surface area contributed by atoms with E-state index in [1.165, 1.54) is 78.1 Å². The van der Waals surface area contributed by atoms with Crippen LogP contribution in [0.4, 0.5) is 0 Å². The number of aliphatic carboxylic acids is 1. The smallest absolute Gasteiger partial charge is 0.325 e. The summed E-state index contributed by atoms with van der Waals surface area (Å²) >= 11 is 0. The van der Waals surface area contributed by atoms with Gasteiger partial charge in [-0.1, -0.05) is 97.3 Å². The van der Waals surface area contributed by atoms with Gasteiger partial charge in [0, 0.05) is 13.0 Å². The van der Waals surface area contributed by atoms with E-state index in [4.69, 9.17) is 9.84 Å². The molecular formula is C29H55N3O6. The zero-order valence-electron chi connectivity index (χ0n) is 24.4. The predicted molar refractivity (Wildman–Crippen MR) is 151 cm³/mol. The van der Waals surface area contributed by atoms with Crippen molar-refractivity contribution in [2.24, 2.45) is 0 Å². The molecule has 9 heteroatoms. The van der Waals surface area contributed by atoms with Crippen LogP contribution in [0.3, 0.4) is 0 Å². The van der Waals surface area contributed by atoms with Gasteiger partial charge in [0.2, 0.25) is 17.7 Å². The molecule has 0 aromatic carbocycles. The van der Waals surface area contributed by atoms with E-state index < -0.39 is 35.9 Å². The van der Waals surface area contributed by atoms with Crippen molar-refractivity contribution in [2.75, 3.05) is 13.2 Å². The number of carbonyl (C=O) groups is 4. The van der Waals surface area contributed by atoms with Crippen molar-refractivity contribution in [1.29, 1.82) is 0 Å². The lowest BCUT2D eigenvalue weighted by molar-refractivity contribution is -0.141. The molecule has 0 heterocycles. The summed E-state index contributed by atoms with van der Waals surface area (Å²) in [6.45, 7) is 7.56. The quantitative estimate of drug-likeness (QED) is 0.122. The third-order valence-electron chi connectivity index (χ3n) is 6.57. The monoisotopic (exact) mass is 541 g/mol. The molecule has 222 valence electrons. The zero-order valence-corrected chi connectivity index (χ0v) is 24.4. The first-order valence-corrected chi connectivity index (χ1v) is 14.9. The molecule has 0 aromatic rings. The number of hydrogen-bond acceptors (Lipinski definition) is 5. The average Bonchev–Trinajstić information content (AvgIpc) is 2.88. The van der Waals surface area contributed by atoms with Crippen LogP contribution in [0.5, 0.6) is 0 Å². The molecule has 0 aromatic heterocycles. The largest absolute Gasteiger partial charge is 0.480 e. The van der Waals surface area contributed by atoms with Crippen LogP contribution >= 0.6 is 0 Å². The Hall–Kier alpha value is -2.16. The third-order valence-corrected chi connectivity index (χ3v) is 6.57. The molecule has 0 radical (unpaired) electrons. The number of nitrogens with one attached hydrogen (secondary N) is 3. The summed E-state index contributed by atoms with van der Waals surface area (Å²) in [7, 11) is 0. The Bertz CT molecular complexity index is 658. The molecule has 0 aliphatic rings. The standard InChI is InChI=1S/C29H55N3O6/c1-5-7-9-10-11-12-13-14-15-16-17-18-19-20-26(33)32-25(22-38-21-8-6-2)28(35)30-23(3)27(34)31-24(4)29(36)37/h23-25H,5-22H2,1-4H3,(H,30,35)(H,31,34)(H,32,33)(H,36,37)/t23-,24+,25-/m1/s1. The molecule has 0 aliphatic carbocycles. The number of rotatable bonds is 25. The lowest BCUT2D eigenvalue weighted by atomic mass is 10.0. The predicted octanol–water partition coefficient (Wildman–Crippen LogP) is 4.86. The van der Waals surface area contributed by atoms with Crippen LogP contribution < -0.4 is 16.0 Å². The first-order valence-electron chi connectivity index (χ1n) is 14.9. The third kappa shape index (κ3) is 19.9. The first-order chi connectivity index (χ1) is 18.2. The molecule has 3 atom stereocenters. The molecule has 9 nitrogen and oxygen atoms in total. The number of carboxylic acids is 1. The lowest BCUT2D eigenvalue weighted by Gasteiger charge is -2.22. The minimum atomic E-state index is -1.17. The van der Waals surface area contributed by atoms with E-state index in [1.54, 1.807) is 0 Å². The van der Waals surface area contributed by atoms with Gasteiger partial charge < -0.3 is 25.8 Å². The molecule has 0 bridgehead atoms. The molecule has 4 N–H and O–H groups in total. The Morgan fingerprint density at radius 3 is 1.61 bits per heavy atom. The maximum absolute atomic E-state index is 12.8. The van der Waals surface area contributed by atoms with E-state index in [1.807, 2.05) is 6.92 Å². The van der Waals surface area contributed by atoms with Crippen LogP contribution in [0.25, 0.3) is 0 Å². The van der Waals surface area contributed by atoms with Gasteiger partial charge in [0.1, 0.15) is 18.1 Å². The molecule has 0 unspecified atom stereocenters. The summed E-state index contributed by atoms with van der Waals surface area (Å²) < 4.78 is 5.56. The molecule has 0 fully saturated rings. The molecule has 0 rings (SSSR count). The van der Waals surface area contributed by atoms with Crippen molar-refractivity contribution in [3.8, 4) is 0 Å². The second-order valence-electron chi connectivity index (χ2n) is 10.3. The number of carboxylic acid groups (broad SMARTS) is 1. The second-order valence-corrected chi connectivity index (χ2v) is 10.3. The number of carbonyl (C=O) groups excluding carboxylic acids is 3. The van der Waals surface area contributed by atoms with Gasteiger partial charge in [-0.15, -0.1) is 0 Å². The topological polar surface area (TPSA) is 134 Å². The molecule has 3 amide bonds. The van der Waals surface area contributed by atoms with Crippen LogP contribution in [0.15, 0.2) is 0 Å². The van der Waals surface area contributed by atoms with Gasteiger partial charge in [-0.05, 0) is 26.7 Å². The fraction of sp³-hybridized carbons (Fsp3) is 0.862. The summed E-state index contributed by atoms with van der Waals surface area (Å²) in [5, 5.41) is 16.6. The fourth-order valence-electron chi connectivity index (χ4n) is 3.98. The maximum atomic E-state index is 12.8. The Kier molecular flexibility index (Phi) is 22.6. The van der Waals surface area contributed by atoms with Crippen molar-refractivity contribution < 1.29 is 29.0 Å². The van der Waals surface area contributed by atoms with Gasteiger partial charge >= 0.3 is 5.97 Å². The highest BCUT2D eigenvalue weighted by atomic mass is 16.5. The molecule has 0 aliphatic heterocycles. The SMILES string of the molecule is CCCCCCCCCCCCCCCC(=O)N[C@H](COCCCC)C(=O)N[C@H](C)C(=O)N[C@@H](C)C(=O)O. The average molecular weight is 542 g/mol. The van der Waals surface area contributed by atoms with Gasteiger partial charge in [-0.3, -0.25) is 19.2 Å².